The molecular formula is C19H28FNO2. The largest absolute Gasteiger partial charge is 0.289 e. The molecule has 0 bridgehead atoms. The first kappa shape index (κ1) is 19.4. The van der Waals surface area contributed by atoms with Gasteiger partial charge in [-0.25, -0.2) is 9.87 Å². The number of allylic oxidation sites excluding steroid dienone is 2. The fourth-order valence-corrected chi connectivity index (χ4v) is 2.71. The van der Waals surface area contributed by atoms with E-state index in [1.54, 1.807) is 31.5 Å². The van der Waals surface area contributed by atoms with Crippen LogP contribution in [0.4, 0.5) is 4.39 Å². The number of carbonyl (C=O) groups excluding carboxylic acids is 1. The number of unbranched alkanes of at least 4 members (excludes halogenated alkanes) is 1. The fourth-order valence-electron chi connectivity index (χ4n) is 2.71. The van der Waals surface area contributed by atoms with Crippen LogP contribution in [0.15, 0.2) is 24.3 Å². The van der Waals surface area contributed by atoms with Crippen LogP contribution in [0.5, 0.6) is 0 Å². The smallest absolute Gasteiger partial charge is 0.246 e. The molecule has 1 amide bonds. The Balaban J connectivity index is 2.70. The minimum atomic E-state index is -0.377. The van der Waals surface area contributed by atoms with Crippen molar-refractivity contribution in [1.29, 1.82) is 0 Å². The lowest BCUT2D eigenvalue weighted by Crippen LogP contribution is -2.29. The second-order valence-corrected chi connectivity index (χ2v) is 6.52. The maximum absolute atomic E-state index is 13.7. The highest BCUT2D eigenvalue weighted by Gasteiger charge is 2.19. The van der Waals surface area contributed by atoms with E-state index in [9.17, 15) is 9.18 Å². The number of benzene rings is 1. The molecule has 0 aliphatic heterocycles. The number of nitrogens with one attached hydrogen (secondary N) is 1. The molecule has 2 N–H and O–H groups in total. The molecule has 0 aliphatic rings. The Kier molecular flexibility index (Phi) is 7.96. The molecule has 0 fully saturated rings. The summed E-state index contributed by atoms with van der Waals surface area (Å²) in [5.74, 6) is -0.360. The highest BCUT2D eigenvalue weighted by Crippen LogP contribution is 2.20. The Bertz CT molecular complexity index is 529. The second kappa shape index (κ2) is 9.46. The second-order valence-electron chi connectivity index (χ2n) is 6.52. The van der Waals surface area contributed by atoms with Crippen LogP contribution in [0.25, 0.3) is 0 Å². The lowest BCUT2D eigenvalue weighted by atomic mass is 9.91. The van der Waals surface area contributed by atoms with Crippen LogP contribution < -0.4 is 5.48 Å². The Morgan fingerprint density at radius 1 is 1.30 bits per heavy atom. The average Bonchev–Trinajstić information content (AvgIpc) is 2.49. The lowest BCUT2D eigenvalue weighted by Gasteiger charge is -2.15. The van der Waals surface area contributed by atoms with E-state index in [0.29, 0.717) is 29.9 Å². The molecule has 128 valence electrons. The maximum atomic E-state index is 13.7. The van der Waals surface area contributed by atoms with Crippen LogP contribution in [0, 0.1) is 31.5 Å². The van der Waals surface area contributed by atoms with Gasteiger partial charge in [0.15, 0.2) is 0 Å². The summed E-state index contributed by atoms with van der Waals surface area (Å²) in [6, 6.07) is 3.55. The zero-order valence-electron chi connectivity index (χ0n) is 14.5. The SMILES string of the molecule is Cc1cc(C[C@@H](CCC/C=C/C(C)C)C(=O)NO)cc(C)c1F. The van der Waals surface area contributed by atoms with E-state index in [1.807, 2.05) is 0 Å². The van der Waals surface area contributed by atoms with Crippen LogP contribution in [0.2, 0.25) is 0 Å². The summed E-state index contributed by atoms with van der Waals surface area (Å²) in [7, 11) is 0. The van der Waals surface area contributed by atoms with Crippen molar-refractivity contribution < 1.29 is 14.4 Å². The molecule has 0 unspecified atom stereocenters. The Morgan fingerprint density at radius 2 is 1.91 bits per heavy atom. The third kappa shape index (κ3) is 6.53. The molecule has 0 saturated carbocycles. The minimum Gasteiger partial charge on any atom is -0.289 e. The van der Waals surface area contributed by atoms with Crippen LogP contribution in [0.1, 0.15) is 49.8 Å². The first-order valence-corrected chi connectivity index (χ1v) is 8.21. The van der Waals surface area contributed by atoms with E-state index < -0.39 is 0 Å². The predicted octanol–water partition coefficient (Wildman–Crippen LogP) is 4.49. The summed E-state index contributed by atoms with van der Waals surface area (Å²) in [4.78, 5) is 11.9. The van der Waals surface area contributed by atoms with Gasteiger partial charge in [0.25, 0.3) is 0 Å². The third-order valence-electron chi connectivity index (χ3n) is 3.90. The minimum absolute atomic E-state index is 0.198. The lowest BCUT2D eigenvalue weighted by molar-refractivity contribution is -0.133. The molecule has 0 aliphatic carbocycles. The molecule has 1 atom stereocenters. The number of hydroxylamine groups is 1. The summed E-state index contributed by atoms with van der Waals surface area (Å²) in [5, 5.41) is 8.94. The molecule has 3 nitrogen and oxygen atoms in total. The Morgan fingerprint density at radius 3 is 2.43 bits per heavy atom. The van der Waals surface area contributed by atoms with E-state index in [4.69, 9.17) is 5.21 Å². The molecule has 0 aromatic heterocycles. The van der Waals surface area contributed by atoms with Gasteiger partial charge in [-0.15, -0.1) is 0 Å². The molecule has 1 aromatic rings. The van der Waals surface area contributed by atoms with Crippen molar-refractivity contribution in [3.63, 3.8) is 0 Å². The van der Waals surface area contributed by atoms with Gasteiger partial charge < -0.3 is 0 Å². The molecule has 0 saturated heterocycles. The molecular weight excluding hydrogens is 293 g/mol. The molecule has 4 heteroatoms. The third-order valence-corrected chi connectivity index (χ3v) is 3.90. The summed E-state index contributed by atoms with van der Waals surface area (Å²) in [5.41, 5.74) is 3.85. The number of hydrogen-bond donors (Lipinski definition) is 2. The molecule has 0 radical (unpaired) electrons. The normalized spacial score (nSPS) is 12.8. The van der Waals surface area contributed by atoms with Gasteiger partial charge in [-0.05, 0) is 62.1 Å². The van der Waals surface area contributed by atoms with E-state index >= 15 is 0 Å². The standard InChI is InChI=1S/C19H28FNO2/c1-13(2)8-6-5-7-9-17(19(22)21-23)12-16-10-14(3)18(20)15(4)11-16/h6,8,10-11,13,17,23H,5,7,9,12H2,1-4H3,(H,21,22)/b8-6+/t17-/m1/s1. The van der Waals surface area contributed by atoms with Gasteiger partial charge in [0.1, 0.15) is 5.82 Å². The van der Waals surface area contributed by atoms with Crippen molar-refractivity contribution in [3.8, 4) is 0 Å². The van der Waals surface area contributed by atoms with Gasteiger partial charge in [-0.1, -0.05) is 38.1 Å². The number of hydrogen-bond acceptors (Lipinski definition) is 2. The molecule has 0 heterocycles. The summed E-state index contributed by atoms with van der Waals surface area (Å²) < 4.78 is 13.7. The first-order chi connectivity index (χ1) is 10.8. The number of amides is 1. The van der Waals surface area contributed by atoms with Crippen molar-refractivity contribution in [2.45, 2.75) is 53.4 Å². The van der Waals surface area contributed by atoms with E-state index in [1.165, 1.54) is 0 Å². The topological polar surface area (TPSA) is 49.3 Å². The number of aryl methyl sites for hydroxylation is 2. The van der Waals surface area contributed by atoms with Crippen LogP contribution in [-0.4, -0.2) is 11.1 Å². The van der Waals surface area contributed by atoms with Crippen molar-refractivity contribution in [1.82, 2.24) is 5.48 Å². The van der Waals surface area contributed by atoms with Gasteiger partial charge >= 0.3 is 0 Å². The van der Waals surface area contributed by atoms with E-state index in [0.717, 1.165) is 18.4 Å². The highest BCUT2D eigenvalue weighted by atomic mass is 19.1. The Hall–Kier alpha value is -1.68. The van der Waals surface area contributed by atoms with Gasteiger partial charge in [0.05, 0.1) is 0 Å². The van der Waals surface area contributed by atoms with Crippen LogP contribution in [0.3, 0.4) is 0 Å². The first-order valence-electron chi connectivity index (χ1n) is 8.21. The van der Waals surface area contributed by atoms with Gasteiger partial charge in [0, 0.05) is 5.92 Å². The highest BCUT2D eigenvalue weighted by molar-refractivity contribution is 5.77. The predicted molar refractivity (Wildman–Crippen MR) is 90.8 cm³/mol. The summed E-state index contributed by atoms with van der Waals surface area (Å²) >= 11 is 0. The van der Waals surface area contributed by atoms with Crippen molar-refractivity contribution in [3.05, 3.63) is 46.8 Å². The quantitative estimate of drug-likeness (QED) is 0.321. The molecule has 0 spiro atoms. The average molecular weight is 321 g/mol. The monoisotopic (exact) mass is 321 g/mol. The summed E-state index contributed by atoms with van der Waals surface area (Å²) in [6.07, 6.45) is 7.25. The zero-order chi connectivity index (χ0) is 17.4. The van der Waals surface area contributed by atoms with Crippen molar-refractivity contribution >= 4 is 5.91 Å². The fraction of sp³-hybridized carbons (Fsp3) is 0.526. The molecule has 1 rings (SSSR count). The summed E-state index contributed by atoms with van der Waals surface area (Å²) in [6.45, 7) is 7.70. The number of rotatable bonds is 8. The van der Waals surface area contributed by atoms with Crippen LogP contribution >= 0.6 is 0 Å². The zero-order valence-corrected chi connectivity index (χ0v) is 14.5. The van der Waals surface area contributed by atoms with Crippen molar-refractivity contribution in [2.75, 3.05) is 0 Å². The molecule has 23 heavy (non-hydrogen) atoms. The number of carbonyl (C=O) groups is 1. The van der Waals surface area contributed by atoms with E-state index in [-0.39, 0.29) is 17.6 Å². The van der Waals surface area contributed by atoms with Gasteiger partial charge in [0.2, 0.25) is 5.91 Å². The van der Waals surface area contributed by atoms with Gasteiger partial charge in [-0.3, -0.25) is 10.0 Å². The van der Waals surface area contributed by atoms with Crippen molar-refractivity contribution in [2.24, 2.45) is 11.8 Å². The maximum Gasteiger partial charge on any atom is 0.246 e. The van der Waals surface area contributed by atoms with E-state index in [2.05, 4.69) is 26.0 Å². The van der Waals surface area contributed by atoms with Gasteiger partial charge in [-0.2, -0.15) is 0 Å². The van der Waals surface area contributed by atoms with Crippen LogP contribution in [-0.2, 0) is 11.2 Å². The Labute approximate surface area is 138 Å². The number of halogens is 1. The molecule has 1 aromatic carbocycles.